The van der Waals surface area contributed by atoms with Crippen molar-refractivity contribution in [3.8, 4) is 11.3 Å². The highest BCUT2D eigenvalue weighted by atomic mass is 19.1. The van der Waals surface area contributed by atoms with E-state index in [1.807, 2.05) is 24.3 Å². The molecular weight excluding hydrogens is 293 g/mol. The molecule has 0 aliphatic carbocycles. The third-order valence-corrected chi connectivity index (χ3v) is 3.37. The van der Waals surface area contributed by atoms with Crippen LogP contribution in [-0.2, 0) is 6.54 Å². The lowest BCUT2D eigenvalue weighted by atomic mass is 10.1. The van der Waals surface area contributed by atoms with Gasteiger partial charge in [-0.3, -0.25) is 14.8 Å². The number of carbonyl (C=O) groups excluding carboxylic acids is 1. The molecule has 2 aromatic heterocycles. The van der Waals surface area contributed by atoms with Gasteiger partial charge >= 0.3 is 0 Å². The molecule has 1 N–H and O–H groups in total. The zero-order valence-electron chi connectivity index (χ0n) is 12.2. The summed E-state index contributed by atoms with van der Waals surface area (Å²) in [5, 5.41) is 2.72. The number of carbonyl (C=O) groups is 1. The summed E-state index contributed by atoms with van der Waals surface area (Å²) in [6.45, 7) is 0.299. The van der Waals surface area contributed by atoms with Gasteiger partial charge in [-0.25, -0.2) is 4.39 Å². The molecule has 5 heteroatoms. The molecule has 0 radical (unpaired) electrons. The second-order valence-corrected chi connectivity index (χ2v) is 4.95. The average molecular weight is 307 g/mol. The van der Waals surface area contributed by atoms with Crippen molar-refractivity contribution in [2.24, 2.45) is 0 Å². The number of aromatic nitrogens is 2. The van der Waals surface area contributed by atoms with Gasteiger partial charge in [0.25, 0.3) is 5.91 Å². The van der Waals surface area contributed by atoms with Gasteiger partial charge in [0.15, 0.2) is 0 Å². The zero-order chi connectivity index (χ0) is 16.1. The van der Waals surface area contributed by atoms with Crippen LogP contribution in [0.5, 0.6) is 0 Å². The molecule has 0 saturated carbocycles. The largest absolute Gasteiger partial charge is 0.348 e. The fourth-order valence-electron chi connectivity index (χ4n) is 2.19. The molecule has 0 atom stereocenters. The van der Waals surface area contributed by atoms with Crippen molar-refractivity contribution in [3.63, 3.8) is 0 Å². The fourth-order valence-corrected chi connectivity index (χ4v) is 2.19. The summed E-state index contributed by atoms with van der Waals surface area (Å²) in [7, 11) is 0. The van der Waals surface area contributed by atoms with Crippen LogP contribution in [-0.4, -0.2) is 15.9 Å². The Bertz CT molecular complexity index is 821. The summed E-state index contributed by atoms with van der Waals surface area (Å²) in [6.07, 6.45) is 5.08. The Morgan fingerprint density at radius 2 is 1.83 bits per heavy atom. The standard InChI is InChI=1S/C18H14FN3O/c19-16-4-2-1-3-15(16)18(23)22-12-13-5-10-21-17(11-13)14-6-8-20-9-7-14/h1-11H,12H2,(H,22,23). The van der Waals surface area contributed by atoms with Crippen LogP contribution in [0.25, 0.3) is 11.3 Å². The number of benzene rings is 1. The maximum atomic E-state index is 13.6. The molecule has 0 saturated heterocycles. The van der Waals surface area contributed by atoms with E-state index in [0.29, 0.717) is 6.54 Å². The predicted molar refractivity (Wildman–Crippen MR) is 85.0 cm³/mol. The van der Waals surface area contributed by atoms with E-state index in [1.165, 1.54) is 12.1 Å². The predicted octanol–water partition coefficient (Wildman–Crippen LogP) is 3.21. The van der Waals surface area contributed by atoms with E-state index in [2.05, 4.69) is 15.3 Å². The summed E-state index contributed by atoms with van der Waals surface area (Å²) in [4.78, 5) is 20.3. The maximum absolute atomic E-state index is 13.6. The van der Waals surface area contributed by atoms with Crippen LogP contribution in [0.4, 0.5) is 4.39 Å². The lowest BCUT2D eigenvalue weighted by Gasteiger charge is -2.07. The number of hydrogen-bond acceptors (Lipinski definition) is 3. The average Bonchev–Trinajstić information content (AvgIpc) is 2.61. The fraction of sp³-hybridized carbons (Fsp3) is 0.0556. The Labute approximate surface area is 133 Å². The molecule has 3 aromatic rings. The van der Waals surface area contributed by atoms with Gasteiger partial charge in [0.2, 0.25) is 0 Å². The van der Waals surface area contributed by atoms with Crippen LogP contribution in [0.1, 0.15) is 15.9 Å². The zero-order valence-corrected chi connectivity index (χ0v) is 12.2. The van der Waals surface area contributed by atoms with Crippen molar-refractivity contribution >= 4 is 5.91 Å². The normalized spacial score (nSPS) is 10.3. The molecular formula is C18H14FN3O. The Morgan fingerprint density at radius 1 is 1.04 bits per heavy atom. The van der Waals surface area contributed by atoms with Crippen molar-refractivity contribution in [2.45, 2.75) is 6.54 Å². The Morgan fingerprint density at radius 3 is 2.61 bits per heavy atom. The molecule has 0 bridgehead atoms. The second-order valence-electron chi connectivity index (χ2n) is 4.95. The van der Waals surface area contributed by atoms with Gasteiger partial charge in [-0.1, -0.05) is 12.1 Å². The van der Waals surface area contributed by atoms with Crippen LogP contribution in [0.2, 0.25) is 0 Å². The van der Waals surface area contributed by atoms with Crippen molar-refractivity contribution < 1.29 is 9.18 Å². The summed E-state index contributed by atoms with van der Waals surface area (Å²) in [6, 6.07) is 13.3. The van der Waals surface area contributed by atoms with Crippen LogP contribution < -0.4 is 5.32 Å². The molecule has 3 rings (SSSR count). The highest BCUT2D eigenvalue weighted by Crippen LogP contribution is 2.16. The summed E-state index contributed by atoms with van der Waals surface area (Å²) >= 11 is 0. The van der Waals surface area contributed by atoms with Gasteiger partial charge in [0, 0.05) is 30.7 Å². The molecule has 1 aromatic carbocycles. The first kappa shape index (κ1) is 14.8. The molecule has 0 aliphatic rings. The van der Waals surface area contributed by atoms with E-state index >= 15 is 0 Å². The number of pyridine rings is 2. The maximum Gasteiger partial charge on any atom is 0.254 e. The highest BCUT2D eigenvalue weighted by molar-refractivity contribution is 5.94. The molecule has 114 valence electrons. The Balaban J connectivity index is 1.72. The first-order valence-electron chi connectivity index (χ1n) is 7.12. The van der Waals surface area contributed by atoms with Gasteiger partial charge in [0.05, 0.1) is 11.3 Å². The van der Waals surface area contributed by atoms with E-state index in [0.717, 1.165) is 16.8 Å². The van der Waals surface area contributed by atoms with E-state index in [-0.39, 0.29) is 5.56 Å². The molecule has 0 spiro atoms. The highest BCUT2D eigenvalue weighted by Gasteiger charge is 2.10. The van der Waals surface area contributed by atoms with Crippen molar-refractivity contribution in [1.82, 2.24) is 15.3 Å². The van der Waals surface area contributed by atoms with Crippen LogP contribution in [0, 0.1) is 5.82 Å². The quantitative estimate of drug-likeness (QED) is 0.805. The number of amides is 1. The number of nitrogens with zero attached hydrogens (tertiary/aromatic N) is 2. The van der Waals surface area contributed by atoms with Gasteiger partial charge in [-0.2, -0.15) is 0 Å². The van der Waals surface area contributed by atoms with Crippen molar-refractivity contribution in [1.29, 1.82) is 0 Å². The topological polar surface area (TPSA) is 54.9 Å². The molecule has 4 nitrogen and oxygen atoms in total. The van der Waals surface area contributed by atoms with Gasteiger partial charge in [-0.15, -0.1) is 0 Å². The van der Waals surface area contributed by atoms with Gasteiger partial charge in [0.1, 0.15) is 5.82 Å². The monoisotopic (exact) mass is 307 g/mol. The number of halogens is 1. The molecule has 0 aliphatic heterocycles. The van der Waals surface area contributed by atoms with E-state index in [9.17, 15) is 9.18 Å². The van der Waals surface area contributed by atoms with Crippen LogP contribution in [0.15, 0.2) is 67.1 Å². The Hall–Kier alpha value is -3.08. The summed E-state index contributed by atoms with van der Waals surface area (Å²) < 4.78 is 13.6. The second kappa shape index (κ2) is 6.79. The van der Waals surface area contributed by atoms with E-state index in [1.54, 1.807) is 30.7 Å². The van der Waals surface area contributed by atoms with E-state index < -0.39 is 11.7 Å². The molecule has 0 unspecified atom stereocenters. The molecule has 1 amide bonds. The minimum Gasteiger partial charge on any atom is -0.348 e. The smallest absolute Gasteiger partial charge is 0.254 e. The van der Waals surface area contributed by atoms with Crippen molar-refractivity contribution in [2.75, 3.05) is 0 Å². The van der Waals surface area contributed by atoms with Crippen LogP contribution in [0.3, 0.4) is 0 Å². The minimum absolute atomic E-state index is 0.0379. The molecule has 2 heterocycles. The van der Waals surface area contributed by atoms with Gasteiger partial charge in [-0.05, 0) is 42.0 Å². The minimum atomic E-state index is -0.530. The third kappa shape index (κ3) is 3.58. The number of nitrogens with one attached hydrogen (secondary N) is 1. The van der Waals surface area contributed by atoms with Gasteiger partial charge < -0.3 is 5.32 Å². The van der Waals surface area contributed by atoms with Crippen molar-refractivity contribution in [3.05, 3.63) is 84.1 Å². The lowest BCUT2D eigenvalue weighted by molar-refractivity contribution is 0.0947. The third-order valence-electron chi connectivity index (χ3n) is 3.37. The molecule has 0 fully saturated rings. The summed E-state index contributed by atoms with van der Waals surface area (Å²) in [5.74, 6) is -0.970. The first-order valence-corrected chi connectivity index (χ1v) is 7.12. The van der Waals surface area contributed by atoms with E-state index in [4.69, 9.17) is 0 Å². The summed E-state index contributed by atoms with van der Waals surface area (Å²) in [5.41, 5.74) is 2.67. The molecule has 23 heavy (non-hydrogen) atoms. The number of rotatable bonds is 4. The number of hydrogen-bond donors (Lipinski definition) is 1. The van der Waals surface area contributed by atoms with Crippen LogP contribution >= 0.6 is 0 Å². The SMILES string of the molecule is O=C(NCc1ccnc(-c2ccncc2)c1)c1ccccc1F. The lowest BCUT2D eigenvalue weighted by Crippen LogP contribution is -2.23. The Kier molecular flexibility index (Phi) is 4.38. The first-order chi connectivity index (χ1) is 11.2.